The van der Waals surface area contributed by atoms with Crippen LogP contribution in [-0.2, 0) is 9.47 Å². The molecule has 5 nitrogen and oxygen atoms in total. The van der Waals surface area contributed by atoms with Gasteiger partial charge >= 0.3 is 5.97 Å². The maximum absolute atomic E-state index is 10.9. The van der Waals surface area contributed by atoms with E-state index in [-0.39, 0.29) is 12.2 Å². The van der Waals surface area contributed by atoms with E-state index in [0.717, 1.165) is 5.69 Å². The first kappa shape index (κ1) is 12.9. The van der Waals surface area contributed by atoms with Crippen LogP contribution in [0.3, 0.4) is 0 Å². The molecular weight excluding hydrogens is 234 g/mol. The van der Waals surface area contributed by atoms with Gasteiger partial charge in [-0.25, -0.2) is 4.79 Å². The zero-order chi connectivity index (χ0) is 13.1. The molecule has 1 saturated heterocycles. The summed E-state index contributed by atoms with van der Waals surface area (Å²) < 4.78 is 10.7. The predicted octanol–water partition coefficient (Wildman–Crippen LogP) is 1.23. The van der Waals surface area contributed by atoms with Gasteiger partial charge < -0.3 is 19.5 Å². The van der Waals surface area contributed by atoms with Crippen LogP contribution in [0.25, 0.3) is 0 Å². The van der Waals surface area contributed by atoms with Crippen molar-refractivity contribution in [3.05, 3.63) is 29.8 Å². The van der Waals surface area contributed by atoms with E-state index in [4.69, 9.17) is 14.6 Å². The van der Waals surface area contributed by atoms with E-state index in [1.54, 1.807) is 32.4 Å². The molecule has 2 atom stereocenters. The van der Waals surface area contributed by atoms with Crippen LogP contribution in [0.5, 0.6) is 0 Å². The van der Waals surface area contributed by atoms with Gasteiger partial charge in [-0.05, 0) is 18.2 Å². The number of methoxy groups -OCH3 is 2. The number of aromatic carboxylic acids is 1. The second-order valence-corrected chi connectivity index (χ2v) is 4.31. The highest BCUT2D eigenvalue weighted by Crippen LogP contribution is 2.24. The lowest BCUT2D eigenvalue weighted by atomic mass is 10.2. The van der Waals surface area contributed by atoms with Gasteiger partial charge in [0.15, 0.2) is 0 Å². The number of anilines is 1. The molecule has 1 aromatic carbocycles. The molecule has 1 aliphatic heterocycles. The van der Waals surface area contributed by atoms with Crippen molar-refractivity contribution in [3.8, 4) is 0 Å². The number of hydrogen-bond acceptors (Lipinski definition) is 4. The molecule has 2 unspecified atom stereocenters. The highest BCUT2D eigenvalue weighted by Gasteiger charge is 2.33. The van der Waals surface area contributed by atoms with Crippen LogP contribution < -0.4 is 4.90 Å². The molecule has 5 heteroatoms. The summed E-state index contributed by atoms with van der Waals surface area (Å²) in [4.78, 5) is 13.0. The molecule has 1 aromatic rings. The van der Waals surface area contributed by atoms with Crippen LogP contribution in [0.15, 0.2) is 24.3 Å². The Morgan fingerprint density at radius 1 is 1.28 bits per heavy atom. The van der Waals surface area contributed by atoms with Crippen molar-refractivity contribution in [2.45, 2.75) is 12.2 Å². The standard InChI is InChI=1S/C13H17NO4/c1-17-11-7-14(8-12(11)18-2)10-5-3-4-9(6-10)13(15)16/h3-6,11-12H,7-8H2,1-2H3,(H,15,16). The summed E-state index contributed by atoms with van der Waals surface area (Å²) in [7, 11) is 3.32. The minimum absolute atomic E-state index is 0.0171. The van der Waals surface area contributed by atoms with Crippen LogP contribution in [0.1, 0.15) is 10.4 Å². The zero-order valence-corrected chi connectivity index (χ0v) is 10.5. The number of carboxylic acids is 1. The summed E-state index contributed by atoms with van der Waals surface area (Å²) in [5.74, 6) is -0.914. The first-order chi connectivity index (χ1) is 8.65. The summed E-state index contributed by atoms with van der Waals surface area (Å²) in [5.41, 5.74) is 1.18. The molecule has 0 aromatic heterocycles. The lowest BCUT2D eigenvalue weighted by Gasteiger charge is -2.18. The van der Waals surface area contributed by atoms with Crippen molar-refractivity contribution >= 4 is 11.7 Å². The topological polar surface area (TPSA) is 59.0 Å². The lowest BCUT2D eigenvalue weighted by Crippen LogP contribution is -2.27. The third-order valence-electron chi connectivity index (χ3n) is 3.28. The average molecular weight is 251 g/mol. The van der Waals surface area contributed by atoms with E-state index in [1.165, 1.54) is 0 Å². The Kier molecular flexibility index (Phi) is 3.84. The smallest absolute Gasteiger partial charge is 0.335 e. The molecular formula is C13H17NO4. The minimum atomic E-state index is -0.914. The minimum Gasteiger partial charge on any atom is -0.478 e. The van der Waals surface area contributed by atoms with Crippen LogP contribution in [0.2, 0.25) is 0 Å². The molecule has 18 heavy (non-hydrogen) atoms. The van der Waals surface area contributed by atoms with Crippen molar-refractivity contribution in [1.82, 2.24) is 0 Å². The second-order valence-electron chi connectivity index (χ2n) is 4.31. The number of ether oxygens (including phenoxy) is 2. The van der Waals surface area contributed by atoms with Gasteiger partial charge in [-0.15, -0.1) is 0 Å². The van der Waals surface area contributed by atoms with E-state index < -0.39 is 5.97 Å². The number of hydrogen-bond donors (Lipinski definition) is 1. The fraction of sp³-hybridized carbons (Fsp3) is 0.462. The Hall–Kier alpha value is -1.59. The summed E-state index contributed by atoms with van der Waals surface area (Å²) in [5, 5.41) is 8.98. The fourth-order valence-corrected chi connectivity index (χ4v) is 2.24. The number of carbonyl (C=O) groups is 1. The average Bonchev–Trinajstić information content (AvgIpc) is 2.82. The quantitative estimate of drug-likeness (QED) is 0.872. The van der Waals surface area contributed by atoms with Crippen molar-refractivity contribution in [2.24, 2.45) is 0 Å². The first-order valence-electron chi connectivity index (χ1n) is 5.79. The molecule has 0 amide bonds. The molecule has 1 heterocycles. The Morgan fingerprint density at radius 2 is 1.89 bits per heavy atom. The van der Waals surface area contributed by atoms with Crippen molar-refractivity contribution in [2.75, 3.05) is 32.2 Å². The third kappa shape index (κ3) is 2.47. The van der Waals surface area contributed by atoms with Gasteiger partial charge in [0.25, 0.3) is 0 Å². The molecule has 0 aliphatic carbocycles. The SMILES string of the molecule is COC1CN(c2cccc(C(=O)O)c2)CC1OC. The predicted molar refractivity (Wildman–Crippen MR) is 67.2 cm³/mol. The first-order valence-corrected chi connectivity index (χ1v) is 5.79. The van der Waals surface area contributed by atoms with Crippen LogP contribution >= 0.6 is 0 Å². The van der Waals surface area contributed by atoms with E-state index in [2.05, 4.69) is 4.90 Å². The maximum Gasteiger partial charge on any atom is 0.335 e. The Morgan fingerprint density at radius 3 is 2.39 bits per heavy atom. The van der Waals surface area contributed by atoms with Gasteiger partial charge in [0.05, 0.1) is 5.56 Å². The number of rotatable bonds is 4. The van der Waals surface area contributed by atoms with Gasteiger partial charge in [-0.2, -0.15) is 0 Å². The van der Waals surface area contributed by atoms with Crippen molar-refractivity contribution in [3.63, 3.8) is 0 Å². The van der Waals surface area contributed by atoms with E-state index in [1.807, 2.05) is 6.07 Å². The Bertz CT molecular complexity index is 423. The van der Waals surface area contributed by atoms with E-state index in [0.29, 0.717) is 18.7 Å². The zero-order valence-electron chi connectivity index (χ0n) is 10.5. The highest BCUT2D eigenvalue weighted by molar-refractivity contribution is 5.88. The number of carboxylic acid groups (broad SMARTS) is 1. The molecule has 1 N–H and O–H groups in total. The molecule has 0 radical (unpaired) electrons. The highest BCUT2D eigenvalue weighted by atomic mass is 16.5. The molecule has 0 saturated carbocycles. The van der Waals surface area contributed by atoms with Crippen molar-refractivity contribution < 1.29 is 19.4 Å². The molecule has 0 bridgehead atoms. The van der Waals surface area contributed by atoms with Gasteiger partial charge in [-0.1, -0.05) is 6.07 Å². The van der Waals surface area contributed by atoms with Gasteiger partial charge in [-0.3, -0.25) is 0 Å². The van der Waals surface area contributed by atoms with E-state index in [9.17, 15) is 4.79 Å². The van der Waals surface area contributed by atoms with Crippen LogP contribution in [0, 0.1) is 0 Å². The van der Waals surface area contributed by atoms with Crippen LogP contribution in [-0.4, -0.2) is 50.6 Å². The second kappa shape index (κ2) is 5.37. The van der Waals surface area contributed by atoms with Gasteiger partial charge in [0, 0.05) is 33.0 Å². The molecule has 2 rings (SSSR count). The fourth-order valence-electron chi connectivity index (χ4n) is 2.24. The normalized spacial score (nSPS) is 23.3. The van der Waals surface area contributed by atoms with E-state index >= 15 is 0 Å². The Balaban J connectivity index is 2.18. The molecule has 1 fully saturated rings. The largest absolute Gasteiger partial charge is 0.478 e. The lowest BCUT2D eigenvalue weighted by molar-refractivity contribution is -0.00461. The molecule has 1 aliphatic rings. The summed E-state index contributed by atoms with van der Waals surface area (Å²) in [6, 6.07) is 6.91. The maximum atomic E-state index is 10.9. The summed E-state index contributed by atoms with van der Waals surface area (Å²) >= 11 is 0. The van der Waals surface area contributed by atoms with Crippen LogP contribution in [0.4, 0.5) is 5.69 Å². The summed E-state index contributed by atoms with van der Waals surface area (Å²) in [6.07, 6.45) is 0.0342. The number of benzene rings is 1. The summed E-state index contributed by atoms with van der Waals surface area (Å²) in [6.45, 7) is 1.41. The number of nitrogens with zero attached hydrogens (tertiary/aromatic N) is 1. The van der Waals surface area contributed by atoms with Crippen molar-refractivity contribution in [1.29, 1.82) is 0 Å². The molecule has 0 spiro atoms. The monoisotopic (exact) mass is 251 g/mol. The molecule has 98 valence electrons. The van der Waals surface area contributed by atoms with Gasteiger partial charge in [0.2, 0.25) is 0 Å². The third-order valence-corrected chi connectivity index (χ3v) is 3.28. The van der Waals surface area contributed by atoms with Gasteiger partial charge in [0.1, 0.15) is 12.2 Å². The Labute approximate surface area is 106 Å².